The third kappa shape index (κ3) is 4.15. The molecular formula is C17H10Cl2F2N2OS. The minimum absolute atomic E-state index is 0.00139. The van der Waals surface area contributed by atoms with Crippen molar-refractivity contribution in [2.45, 2.75) is 6.42 Å². The molecule has 25 heavy (non-hydrogen) atoms. The quantitative estimate of drug-likeness (QED) is 0.623. The van der Waals surface area contributed by atoms with Gasteiger partial charge in [-0.05, 0) is 35.9 Å². The summed E-state index contributed by atoms with van der Waals surface area (Å²) in [6.45, 7) is 0. The molecule has 0 fully saturated rings. The molecule has 0 atom stereocenters. The molecule has 3 rings (SSSR count). The van der Waals surface area contributed by atoms with Gasteiger partial charge in [0, 0.05) is 21.0 Å². The molecule has 0 spiro atoms. The summed E-state index contributed by atoms with van der Waals surface area (Å²) < 4.78 is 26.3. The minimum Gasteiger partial charge on any atom is -0.302 e. The summed E-state index contributed by atoms with van der Waals surface area (Å²) >= 11 is 13.3. The van der Waals surface area contributed by atoms with Crippen LogP contribution in [0.2, 0.25) is 10.0 Å². The van der Waals surface area contributed by atoms with Crippen molar-refractivity contribution in [1.29, 1.82) is 0 Å². The van der Waals surface area contributed by atoms with E-state index in [0.29, 0.717) is 32.0 Å². The topological polar surface area (TPSA) is 42.0 Å². The van der Waals surface area contributed by atoms with Crippen LogP contribution in [0.3, 0.4) is 0 Å². The number of amides is 1. The van der Waals surface area contributed by atoms with Gasteiger partial charge in [-0.3, -0.25) is 4.79 Å². The van der Waals surface area contributed by atoms with E-state index in [1.54, 1.807) is 23.6 Å². The largest absolute Gasteiger partial charge is 0.302 e. The summed E-state index contributed by atoms with van der Waals surface area (Å²) in [4.78, 5) is 16.4. The number of anilines is 1. The molecule has 1 aromatic heterocycles. The average Bonchev–Trinajstić information content (AvgIpc) is 3.02. The fraction of sp³-hybridized carbons (Fsp3) is 0.0588. The van der Waals surface area contributed by atoms with Crippen LogP contribution in [0.1, 0.15) is 5.56 Å². The first kappa shape index (κ1) is 17.8. The van der Waals surface area contributed by atoms with Crippen LogP contribution in [0.15, 0.2) is 41.8 Å². The Hall–Kier alpha value is -2.02. The third-order valence-corrected chi connectivity index (χ3v) is 4.83. The fourth-order valence-corrected chi connectivity index (χ4v) is 3.41. The number of halogens is 4. The molecule has 1 amide bonds. The second-order valence-corrected chi connectivity index (χ2v) is 6.76. The van der Waals surface area contributed by atoms with Gasteiger partial charge in [-0.1, -0.05) is 29.3 Å². The van der Waals surface area contributed by atoms with Gasteiger partial charge in [0.15, 0.2) is 16.8 Å². The second-order valence-electron chi connectivity index (χ2n) is 5.09. The highest BCUT2D eigenvalue weighted by molar-refractivity contribution is 7.14. The molecule has 0 bridgehead atoms. The fourth-order valence-electron chi connectivity index (χ4n) is 2.14. The van der Waals surface area contributed by atoms with E-state index < -0.39 is 11.6 Å². The van der Waals surface area contributed by atoms with Crippen LogP contribution in [-0.2, 0) is 11.2 Å². The molecule has 3 nitrogen and oxygen atoms in total. The van der Waals surface area contributed by atoms with Crippen LogP contribution in [0.25, 0.3) is 11.3 Å². The number of benzene rings is 2. The molecule has 0 radical (unpaired) electrons. The number of carbonyl (C=O) groups is 1. The maximum Gasteiger partial charge on any atom is 0.230 e. The number of rotatable bonds is 4. The van der Waals surface area contributed by atoms with Crippen LogP contribution in [-0.4, -0.2) is 10.9 Å². The summed E-state index contributed by atoms with van der Waals surface area (Å²) in [6.07, 6.45) is -0.00139. The van der Waals surface area contributed by atoms with E-state index in [1.165, 1.54) is 17.4 Å². The zero-order valence-electron chi connectivity index (χ0n) is 12.5. The van der Waals surface area contributed by atoms with E-state index in [0.717, 1.165) is 12.1 Å². The molecule has 2 aromatic carbocycles. The van der Waals surface area contributed by atoms with E-state index in [1.807, 2.05) is 0 Å². The van der Waals surface area contributed by atoms with Crippen molar-refractivity contribution in [3.8, 4) is 11.3 Å². The monoisotopic (exact) mass is 398 g/mol. The predicted octanol–water partition coefficient (Wildman–Crippen LogP) is 5.58. The SMILES string of the molecule is O=C(Cc1c(Cl)cccc1Cl)Nc1nc(-c2ccc(F)c(F)c2)cs1. The van der Waals surface area contributed by atoms with Crippen LogP contribution in [0.5, 0.6) is 0 Å². The van der Waals surface area contributed by atoms with Gasteiger partial charge in [0.05, 0.1) is 12.1 Å². The Bertz CT molecular complexity index is 926. The van der Waals surface area contributed by atoms with Gasteiger partial charge in [-0.15, -0.1) is 11.3 Å². The molecule has 0 saturated carbocycles. The lowest BCUT2D eigenvalue weighted by Gasteiger charge is -2.06. The van der Waals surface area contributed by atoms with E-state index in [-0.39, 0.29) is 12.3 Å². The third-order valence-electron chi connectivity index (χ3n) is 3.36. The second kappa shape index (κ2) is 7.47. The van der Waals surface area contributed by atoms with E-state index >= 15 is 0 Å². The van der Waals surface area contributed by atoms with Crippen molar-refractivity contribution >= 4 is 45.6 Å². The first-order valence-corrected chi connectivity index (χ1v) is 8.71. The number of hydrogen-bond acceptors (Lipinski definition) is 3. The van der Waals surface area contributed by atoms with Crippen molar-refractivity contribution in [1.82, 2.24) is 4.98 Å². The Kier molecular flexibility index (Phi) is 5.32. The lowest BCUT2D eigenvalue weighted by molar-refractivity contribution is -0.115. The standard InChI is InChI=1S/C17H10Cl2F2N2OS/c18-11-2-1-3-12(19)10(11)7-16(24)23-17-22-15(8-25-17)9-4-5-13(20)14(21)6-9/h1-6,8H,7H2,(H,22,23,24). The van der Waals surface area contributed by atoms with Gasteiger partial charge in [-0.2, -0.15) is 0 Å². The Labute approximate surface area is 156 Å². The van der Waals surface area contributed by atoms with Gasteiger partial charge < -0.3 is 5.32 Å². The smallest absolute Gasteiger partial charge is 0.230 e. The van der Waals surface area contributed by atoms with Gasteiger partial charge in [0.25, 0.3) is 0 Å². The van der Waals surface area contributed by atoms with Crippen LogP contribution < -0.4 is 5.32 Å². The van der Waals surface area contributed by atoms with Crippen molar-refractivity contribution in [3.63, 3.8) is 0 Å². The van der Waals surface area contributed by atoms with Crippen molar-refractivity contribution in [2.24, 2.45) is 0 Å². The van der Waals surface area contributed by atoms with E-state index in [2.05, 4.69) is 10.3 Å². The van der Waals surface area contributed by atoms with Crippen LogP contribution in [0.4, 0.5) is 13.9 Å². The van der Waals surface area contributed by atoms with E-state index in [4.69, 9.17) is 23.2 Å². The molecule has 0 saturated heterocycles. The molecule has 0 aliphatic rings. The Balaban J connectivity index is 1.73. The first-order chi connectivity index (χ1) is 11.9. The Morgan fingerprint density at radius 3 is 2.52 bits per heavy atom. The normalized spacial score (nSPS) is 10.7. The predicted molar refractivity (Wildman–Crippen MR) is 96.3 cm³/mol. The zero-order valence-corrected chi connectivity index (χ0v) is 14.9. The molecule has 0 aliphatic heterocycles. The number of thiazole rings is 1. The summed E-state index contributed by atoms with van der Waals surface area (Å²) in [5.74, 6) is -2.21. The summed E-state index contributed by atoms with van der Waals surface area (Å²) in [7, 11) is 0. The molecule has 0 aliphatic carbocycles. The number of aromatic nitrogens is 1. The lowest BCUT2D eigenvalue weighted by Crippen LogP contribution is -2.14. The van der Waals surface area contributed by atoms with Crippen molar-refractivity contribution in [2.75, 3.05) is 5.32 Å². The highest BCUT2D eigenvalue weighted by atomic mass is 35.5. The van der Waals surface area contributed by atoms with E-state index in [9.17, 15) is 13.6 Å². The van der Waals surface area contributed by atoms with Gasteiger partial charge >= 0.3 is 0 Å². The zero-order chi connectivity index (χ0) is 18.0. The molecule has 8 heteroatoms. The summed E-state index contributed by atoms with van der Waals surface area (Å²) in [5.41, 5.74) is 1.39. The van der Waals surface area contributed by atoms with Gasteiger partial charge in [0.1, 0.15) is 0 Å². The highest BCUT2D eigenvalue weighted by Gasteiger charge is 2.13. The molecule has 1 heterocycles. The summed E-state index contributed by atoms with van der Waals surface area (Å²) in [5, 5.41) is 5.44. The van der Waals surface area contributed by atoms with Crippen LogP contribution in [0, 0.1) is 11.6 Å². The number of nitrogens with zero attached hydrogens (tertiary/aromatic N) is 1. The van der Waals surface area contributed by atoms with Crippen molar-refractivity contribution in [3.05, 3.63) is 69.0 Å². The molecule has 128 valence electrons. The average molecular weight is 399 g/mol. The van der Waals surface area contributed by atoms with Crippen molar-refractivity contribution < 1.29 is 13.6 Å². The lowest BCUT2D eigenvalue weighted by atomic mass is 10.1. The van der Waals surface area contributed by atoms with Gasteiger partial charge in [-0.25, -0.2) is 13.8 Å². The summed E-state index contributed by atoms with van der Waals surface area (Å²) in [6, 6.07) is 8.51. The molecular weight excluding hydrogens is 389 g/mol. The molecule has 1 N–H and O–H groups in total. The first-order valence-electron chi connectivity index (χ1n) is 7.07. The van der Waals surface area contributed by atoms with Crippen LogP contribution >= 0.6 is 34.5 Å². The Morgan fingerprint density at radius 1 is 1.12 bits per heavy atom. The highest BCUT2D eigenvalue weighted by Crippen LogP contribution is 2.27. The number of carbonyl (C=O) groups excluding carboxylic acids is 1. The number of hydrogen-bond donors (Lipinski definition) is 1. The molecule has 0 unspecified atom stereocenters. The van der Waals surface area contributed by atoms with Gasteiger partial charge in [0.2, 0.25) is 5.91 Å². The Morgan fingerprint density at radius 2 is 1.84 bits per heavy atom. The minimum atomic E-state index is -0.954. The maximum absolute atomic E-state index is 13.3. The molecule has 3 aromatic rings. The maximum atomic E-state index is 13.3. The number of nitrogens with one attached hydrogen (secondary N) is 1.